The van der Waals surface area contributed by atoms with E-state index < -0.39 is 0 Å². The second kappa shape index (κ2) is 8.85. The van der Waals surface area contributed by atoms with Crippen molar-refractivity contribution in [2.45, 2.75) is 33.2 Å². The summed E-state index contributed by atoms with van der Waals surface area (Å²) in [5.41, 5.74) is 4.32. The summed E-state index contributed by atoms with van der Waals surface area (Å²) >= 11 is 5.98. The van der Waals surface area contributed by atoms with Crippen molar-refractivity contribution in [3.05, 3.63) is 81.1 Å². The molecule has 1 heterocycles. The van der Waals surface area contributed by atoms with Gasteiger partial charge in [-0.05, 0) is 44.0 Å². The van der Waals surface area contributed by atoms with E-state index in [4.69, 9.17) is 11.6 Å². The van der Waals surface area contributed by atoms with E-state index in [1.807, 2.05) is 44.2 Å². The van der Waals surface area contributed by atoms with Crippen LogP contribution in [-0.4, -0.2) is 15.7 Å². The van der Waals surface area contributed by atoms with Crippen LogP contribution in [-0.2, 0) is 11.3 Å². The van der Waals surface area contributed by atoms with Crippen LogP contribution in [0, 0.1) is 13.8 Å². The molecule has 0 saturated carbocycles. The van der Waals surface area contributed by atoms with Gasteiger partial charge in [-0.2, -0.15) is 5.10 Å². The van der Waals surface area contributed by atoms with E-state index in [0.29, 0.717) is 23.7 Å². The number of halogens is 1. The molecular formula is C22H22ClN3O2. The maximum Gasteiger partial charge on any atom is 0.266 e. The fourth-order valence-electron chi connectivity index (χ4n) is 2.82. The minimum Gasteiger partial charge on any atom is -0.326 e. The molecule has 0 radical (unpaired) electrons. The lowest BCUT2D eigenvalue weighted by atomic mass is 10.1. The number of nitrogens with one attached hydrogen (secondary N) is 1. The molecule has 0 saturated heterocycles. The zero-order valence-corrected chi connectivity index (χ0v) is 16.7. The number of benzene rings is 2. The lowest BCUT2D eigenvalue weighted by molar-refractivity contribution is -0.116. The Morgan fingerprint density at radius 1 is 1.07 bits per heavy atom. The predicted molar refractivity (Wildman–Crippen MR) is 113 cm³/mol. The quantitative estimate of drug-likeness (QED) is 0.663. The first-order valence-electron chi connectivity index (χ1n) is 9.13. The Bertz CT molecular complexity index is 1040. The second-order valence-electron chi connectivity index (χ2n) is 6.76. The maximum atomic E-state index is 12.2. The largest absolute Gasteiger partial charge is 0.326 e. The summed E-state index contributed by atoms with van der Waals surface area (Å²) in [6.45, 7) is 4.31. The van der Waals surface area contributed by atoms with Gasteiger partial charge in [-0.25, -0.2) is 4.68 Å². The van der Waals surface area contributed by atoms with Gasteiger partial charge >= 0.3 is 0 Å². The third-order valence-electron chi connectivity index (χ3n) is 4.46. The summed E-state index contributed by atoms with van der Waals surface area (Å²) in [7, 11) is 0. The lowest BCUT2D eigenvalue weighted by Crippen LogP contribution is -2.23. The van der Waals surface area contributed by atoms with Crippen LogP contribution in [0.5, 0.6) is 0 Å². The van der Waals surface area contributed by atoms with Gasteiger partial charge in [-0.15, -0.1) is 0 Å². The molecule has 0 atom stereocenters. The number of hydrogen-bond acceptors (Lipinski definition) is 3. The molecular weight excluding hydrogens is 374 g/mol. The van der Waals surface area contributed by atoms with Crippen molar-refractivity contribution in [1.82, 2.24) is 9.78 Å². The predicted octanol–water partition coefficient (Wildman–Crippen LogP) is 4.60. The van der Waals surface area contributed by atoms with Gasteiger partial charge in [0, 0.05) is 35.3 Å². The van der Waals surface area contributed by atoms with Crippen LogP contribution in [0.15, 0.2) is 59.4 Å². The molecule has 1 N–H and O–H groups in total. The van der Waals surface area contributed by atoms with Crippen LogP contribution in [0.4, 0.5) is 5.69 Å². The molecule has 0 aliphatic heterocycles. The summed E-state index contributed by atoms with van der Waals surface area (Å²) in [6.07, 6.45) is 0.796. The van der Waals surface area contributed by atoms with Crippen molar-refractivity contribution in [1.29, 1.82) is 0 Å². The summed E-state index contributed by atoms with van der Waals surface area (Å²) in [6, 6.07) is 16.6. The average molecular weight is 396 g/mol. The molecule has 5 nitrogen and oxygen atoms in total. The molecule has 0 unspecified atom stereocenters. The smallest absolute Gasteiger partial charge is 0.266 e. The third kappa shape index (κ3) is 5.08. The third-order valence-corrected chi connectivity index (χ3v) is 4.70. The molecule has 3 rings (SSSR count). The van der Waals surface area contributed by atoms with Crippen molar-refractivity contribution < 1.29 is 4.79 Å². The van der Waals surface area contributed by atoms with Crippen LogP contribution >= 0.6 is 11.6 Å². The van der Waals surface area contributed by atoms with Crippen molar-refractivity contribution >= 4 is 23.2 Å². The molecule has 144 valence electrons. The van der Waals surface area contributed by atoms with Gasteiger partial charge in [-0.3, -0.25) is 9.59 Å². The normalized spacial score (nSPS) is 10.7. The first-order chi connectivity index (χ1) is 13.4. The number of carbonyl (C=O) groups excluding carboxylic acids is 1. The Kier molecular flexibility index (Phi) is 6.26. The highest BCUT2D eigenvalue weighted by molar-refractivity contribution is 6.31. The number of carbonyl (C=O) groups is 1. The molecule has 3 aromatic rings. The van der Waals surface area contributed by atoms with Crippen molar-refractivity contribution in [3.63, 3.8) is 0 Å². The van der Waals surface area contributed by atoms with E-state index >= 15 is 0 Å². The van der Waals surface area contributed by atoms with Gasteiger partial charge in [0.15, 0.2) is 0 Å². The Labute approximate surface area is 169 Å². The number of aromatic nitrogens is 2. The van der Waals surface area contributed by atoms with Gasteiger partial charge in [0.1, 0.15) is 0 Å². The van der Waals surface area contributed by atoms with Crippen LogP contribution in [0.3, 0.4) is 0 Å². The number of nitrogens with zero attached hydrogens (tertiary/aromatic N) is 2. The molecule has 1 amide bonds. The first kappa shape index (κ1) is 19.8. The van der Waals surface area contributed by atoms with Crippen molar-refractivity contribution in [2.24, 2.45) is 0 Å². The zero-order valence-electron chi connectivity index (χ0n) is 15.9. The van der Waals surface area contributed by atoms with Crippen molar-refractivity contribution in [2.75, 3.05) is 5.32 Å². The molecule has 0 bridgehead atoms. The summed E-state index contributed by atoms with van der Waals surface area (Å²) in [4.78, 5) is 24.3. The molecule has 0 aliphatic carbocycles. The molecule has 2 aromatic carbocycles. The van der Waals surface area contributed by atoms with E-state index in [9.17, 15) is 9.59 Å². The monoisotopic (exact) mass is 395 g/mol. The molecule has 0 spiro atoms. The van der Waals surface area contributed by atoms with Crippen LogP contribution < -0.4 is 10.9 Å². The van der Waals surface area contributed by atoms with Gasteiger partial charge in [-0.1, -0.05) is 47.5 Å². The second-order valence-corrected chi connectivity index (χ2v) is 7.19. The molecule has 0 aliphatic rings. The number of amides is 1. The molecule has 28 heavy (non-hydrogen) atoms. The van der Waals surface area contributed by atoms with Crippen LogP contribution in [0.1, 0.15) is 24.0 Å². The van der Waals surface area contributed by atoms with Gasteiger partial charge in [0.05, 0.1) is 5.69 Å². The lowest BCUT2D eigenvalue weighted by Gasteiger charge is -2.10. The zero-order chi connectivity index (χ0) is 20.1. The minimum absolute atomic E-state index is 0.117. The Balaban J connectivity index is 1.62. The first-order valence-corrected chi connectivity index (χ1v) is 9.51. The maximum absolute atomic E-state index is 12.2. The van der Waals surface area contributed by atoms with E-state index in [0.717, 1.165) is 22.4 Å². The molecule has 0 fully saturated rings. The topological polar surface area (TPSA) is 64.0 Å². The summed E-state index contributed by atoms with van der Waals surface area (Å²) in [5.74, 6) is -0.117. The number of hydrogen-bond donors (Lipinski definition) is 1. The van der Waals surface area contributed by atoms with E-state index in [1.165, 1.54) is 10.7 Å². The van der Waals surface area contributed by atoms with Crippen LogP contribution in [0.2, 0.25) is 5.02 Å². The number of anilines is 1. The number of aryl methyl sites for hydroxylation is 3. The highest BCUT2D eigenvalue weighted by Crippen LogP contribution is 2.20. The minimum atomic E-state index is -0.179. The van der Waals surface area contributed by atoms with Crippen LogP contribution in [0.25, 0.3) is 11.3 Å². The highest BCUT2D eigenvalue weighted by Gasteiger charge is 2.08. The average Bonchev–Trinajstić information content (AvgIpc) is 2.67. The summed E-state index contributed by atoms with van der Waals surface area (Å²) in [5, 5.41) is 7.87. The fraction of sp³-hybridized carbons (Fsp3) is 0.227. The van der Waals surface area contributed by atoms with Crippen molar-refractivity contribution in [3.8, 4) is 11.3 Å². The highest BCUT2D eigenvalue weighted by atomic mass is 35.5. The standard InChI is InChI=1S/C22H22ClN3O2/c1-15-5-8-17(9-6-15)19-11-12-22(28)26(25-19)13-3-4-21(27)24-20-14-18(23)10-7-16(20)2/h5-12,14H,3-4,13H2,1-2H3,(H,24,27). The van der Waals surface area contributed by atoms with Gasteiger partial charge < -0.3 is 5.32 Å². The SMILES string of the molecule is Cc1ccc(-c2ccc(=O)n(CCCC(=O)Nc3cc(Cl)ccc3C)n2)cc1. The number of rotatable bonds is 6. The van der Waals surface area contributed by atoms with E-state index in [1.54, 1.807) is 18.2 Å². The fourth-order valence-corrected chi connectivity index (χ4v) is 2.99. The van der Waals surface area contributed by atoms with Gasteiger partial charge in [0.25, 0.3) is 5.56 Å². The van der Waals surface area contributed by atoms with E-state index in [-0.39, 0.29) is 17.9 Å². The molecule has 1 aromatic heterocycles. The Morgan fingerprint density at radius 2 is 1.82 bits per heavy atom. The van der Waals surface area contributed by atoms with E-state index in [2.05, 4.69) is 10.4 Å². The molecule has 6 heteroatoms. The summed E-state index contributed by atoms with van der Waals surface area (Å²) < 4.78 is 1.41. The Morgan fingerprint density at radius 3 is 2.57 bits per heavy atom. The van der Waals surface area contributed by atoms with Gasteiger partial charge in [0.2, 0.25) is 5.91 Å². The Hall–Kier alpha value is -2.92.